The molecule has 2 N–H and O–H groups in total. The van der Waals surface area contributed by atoms with Crippen LogP contribution < -0.4 is 0 Å². The van der Waals surface area contributed by atoms with Crippen LogP contribution in [0.5, 0.6) is 0 Å². The van der Waals surface area contributed by atoms with Crippen molar-refractivity contribution >= 4 is 0 Å². The first-order valence-electron chi connectivity index (χ1n) is 26.3. The third-order valence-corrected chi connectivity index (χ3v) is 23.1. The van der Waals surface area contributed by atoms with E-state index >= 15 is 0 Å². The zero-order chi connectivity index (χ0) is 41.7. The summed E-state index contributed by atoms with van der Waals surface area (Å²) < 4.78 is 23.8. The minimum Gasteiger partial charge on any atom is -0.393 e. The molecule has 5 heteroatoms. The fourth-order valence-corrected chi connectivity index (χ4v) is 20.6. The zero-order valence-electron chi connectivity index (χ0n) is 39.7. The molecule has 2 spiro atoms. The monoisotopic (exact) mass is 819 g/mol. The van der Waals surface area contributed by atoms with E-state index < -0.39 is 11.2 Å². The Bertz CT molecular complexity index is 1450. The highest BCUT2D eigenvalue weighted by Crippen LogP contribution is 2.81. The normalized spacial score (nSPS) is 56.6. The van der Waals surface area contributed by atoms with Crippen LogP contribution in [0.2, 0.25) is 0 Å². The number of rotatable bonds is 10. The molecule has 22 atom stereocenters. The molecule has 0 unspecified atom stereocenters. The van der Waals surface area contributed by atoms with Crippen molar-refractivity contribution < 1.29 is 24.4 Å². The molecule has 2 bridgehead atoms. The van der Waals surface area contributed by atoms with E-state index in [1.54, 1.807) is 0 Å². The van der Waals surface area contributed by atoms with Crippen molar-refractivity contribution in [2.75, 3.05) is 0 Å². The maximum absolute atomic E-state index is 11.8. The largest absolute Gasteiger partial charge is 0.393 e. The summed E-state index contributed by atoms with van der Waals surface area (Å²) in [6.07, 6.45) is 22.8. The SMILES string of the molecule is CC(C)CCC[C@@H](C)[C@H]1CC[C@H]2[C@@H]3[C@H]4[C@@H]5O[C@H](O[C@]46C[C@@H](O)CC[C@]6(C)[C@H]3CC[C@]12C)[C@@H]1[C@H]2[C@@H]3CC[C@H]([C@H](C)CCCC(C)C)[C@@]3(C)CC[C@@H]2[C@@]2(C)CC[C@H](O)C[C@@]12O5. The first-order valence-corrected chi connectivity index (χ1v) is 26.3. The summed E-state index contributed by atoms with van der Waals surface area (Å²) in [7, 11) is 0. The van der Waals surface area contributed by atoms with Gasteiger partial charge in [-0.15, -0.1) is 0 Å². The highest BCUT2D eigenvalue weighted by atomic mass is 16.8. The topological polar surface area (TPSA) is 68.2 Å². The lowest BCUT2D eigenvalue weighted by Gasteiger charge is -2.65. The minimum atomic E-state index is -0.426. The second kappa shape index (κ2) is 14.7. The maximum Gasteiger partial charge on any atom is 0.167 e. The molecule has 336 valence electrons. The summed E-state index contributed by atoms with van der Waals surface area (Å²) in [4.78, 5) is 0. The van der Waals surface area contributed by atoms with E-state index in [9.17, 15) is 10.2 Å². The van der Waals surface area contributed by atoms with Gasteiger partial charge >= 0.3 is 0 Å². The van der Waals surface area contributed by atoms with Crippen molar-refractivity contribution in [3.63, 3.8) is 0 Å². The second-order valence-electron chi connectivity index (χ2n) is 26.2. The summed E-state index contributed by atoms with van der Waals surface area (Å²) in [5, 5.41) is 23.7. The van der Waals surface area contributed by atoms with Crippen LogP contribution in [0.3, 0.4) is 0 Å². The number of aliphatic hydroxyl groups is 2. The Kier molecular flexibility index (Phi) is 10.6. The van der Waals surface area contributed by atoms with E-state index in [2.05, 4.69) is 69.2 Å². The van der Waals surface area contributed by atoms with E-state index in [0.717, 1.165) is 74.0 Å². The molecule has 0 amide bonds. The van der Waals surface area contributed by atoms with E-state index in [1.165, 1.54) is 89.9 Å². The first kappa shape index (κ1) is 42.7. The molecular formula is C54H90O5. The van der Waals surface area contributed by atoms with Crippen LogP contribution in [-0.4, -0.2) is 46.2 Å². The van der Waals surface area contributed by atoms with Gasteiger partial charge in [-0.1, -0.05) is 108 Å². The van der Waals surface area contributed by atoms with E-state index in [-0.39, 0.29) is 47.5 Å². The summed E-state index contributed by atoms with van der Waals surface area (Å²) >= 11 is 0. The third-order valence-electron chi connectivity index (χ3n) is 23.1. The predicted molar refractivity (Wildman–Crippen MR) is 236 cm³/mol. The number of fused-ring (bicyclic) bond motifs is 14. The fraction of sp³-hybridized carbons (Fsp3) is 1.00. The van der Waals surface area contributed by atoms with Crippen LogP contribution in [0.4, 0.5) is 0 Å². The standard InChI is InChI=1S/C54H90O5/c1-31(2)13-11-15-33(5)37-17-19-39-43-41(23-25-49(37,39)7)51(9)27-21-35(55)29-53(51)45(43)47-57-48(59-53)46-44-40-20-18-38(34(6)16-12-14-32(3)4)50(40,8)26-24-42(44)52(10)28-22-36(56)30-54(46,52)58-47/h31-48,55-56H,11-30H2,1-10H3/t33-,34-,35+,36+,37-,38-,39+,40+,41+,42+,43+,44+,45+,46+,47-,48-,49-,50-,51-,52-,53-,54-/m1/s1. The minimum absolute atomic E-state index is 0.0103. The number of ether oxygens (including phenoxy) is 3. The highest BCUT2D eigenvalue weighted by molar-refractivity contribution is 5.28. The van der Waals surface area contributed by atoms with Crippen LogP contribution in [-0.2, 0) is 14.2 Å². The zero-order valence-corrected chi connectivity index (χ0v) is 39.7. The van der Waals surface area contributed by atoms with Gasteiger partial charge in [0.05, 0.1) is 23.4 Å². The van der Waals surface area contributed by atoms with Crippen LogP contribution in [0.15, 0.2) is 0 Å². The van der Waals surface area contributed by atoms with Crippen molar-refractivity contribution in [2.45, 2.75) is 234 Å². The molecule has 2 aliphatic heterocycles. The summed E-state index contributed by atoms with van der Waals surface area (Å²) in [6.45, 7) is 25.4. The first-order chi connectivity index (χ1) is 27.9. The van der Waals surface area contributed by atoms with Gasteiger partial charge in [0, 0.05) is 35.5 Å². The lowest BCUT2D eigenvalue weighted by Crippen LogP contribution is -2.72. The molecule has 0 aromatic carbocycles. The summed E-state index contributed by atoms with van der Waals surface area (Å²) in [6, 6.07) is 0. The van der Waals surface area contributed by atoms with Crippen LogP contribution >= 0.6 is 0 Å². The van der Waals surface area contributed by atoms with E-state index in [1.807, 2.05) is 0 Å². The smallest absolute Gasteiger partial charge is 0.167 e. The van der Waals surface area contributed by atoms with Crippen molar-refractivity contribution in [3.8, 4) is 0 Å². The molecule has 0 aromatic heterocycles. The Balaban J connectivity index is 1.02. The Morgan fingerprint density at radius 1 is 0.492 bits per heavy atom. The van der Waals surface area contributed by atoms with Crippen molar-refractivity contribution in [1.29, 1.82) is 0 Å². The van der Waals surface area contributed by atoms with Gasteiger partial charge in [-0.25, -0.2) is 0 Å². The molecular weight excluding hydrogens is 729 g/mol. The predicted octanol–water partition coefficient (Wildman–Crippen LogP) is 12.6. The summed E-state index contributed by atoms with van der Waals surface area (Å²) in [5.41, 5.74) is -0.162. The molecule has 8 aliphatic carbocycles. The van der Waals surface area contributed by atoms with Crippen molar-refractivity contribution in [3.05, 3.63) is 0 Å². The van der Waals surface area contributed by atoms with Gasteiger partial charge in [-0.2, -0.15) is 0 Å². The molecule has 2 saturated heterocycles. The van der Waals surface area contributed by atoms with Gasteiger partial charge in [0.15, 0.2) is 12.6 Å². The Morgan fingerprint density at radius 2 is 0.898 bits per heavy atom. The molecule has 0 aromatic rings. The lowest BCUT2D eigenvalue weighted by atomic mass is 9.53. The Morgan fingerprint density at radius 3 is 1.29 bits per heavy atom. The average Bonchev–Trinajstić information content (AvgIpc) is 3.83. The van der Waals surface area contributed by atoms with E-state index in [4.69, 9.17) is 14.2 Å². The average molecular weight is 819 g/mol. The molecule has 59 heavy (non-hydrogen) atoms. The van der Waals surface area contributed by atoms with Crippen molar-refractivity contribution in [2.24, 2.45) is 105 Å². The van der Waals surface area contributed by atoms with Crippen LogP contribution in [0, 0.1) is 105 Å². The van der Waals surface area contributed by atoms with Gasteiger partial charge in [-0.05, 0) is 159 Å². The number of hydrogen-bond acceptors (Lipinski definition) is 5. The third kappa shape index (κ3) is 5.82. The second-order valence-corrected chi connectivity index (χ2v) is 26.2. The summed E-state index contributed by atoms with van der Waals surface area (Å²) in [5.74, 6) is 8.38. The molecule has 2 heterocycles. The highest BCUT2D eigenvalue weighted by Gasteiger charge is 2.83. The Hall–Kier alpha value is -0.200. The van der Waals surface area contributed by atoms with Crippen molar-refractivity contribution in [1.82, 2.24) is 0 Å². The maximum atomic E-state index is 11.8. The molecule has 0 radical (unpaired) electrons. The van der Waals surface area contributed by atoms with Gasteiger partial charge < -0.3 is 24.4 Å². The molecule has 10 fully saturated rings. The van der Waals surface area contributed by atoms with Gasteiger partial charge in [0.25, 0.3) is 0 Å². The van der Waals surface area contributed by atoms with Gasteiger partial charge in [0.2, 0.25) is 0 Å². The van der Waals surface area contributed by atoms with Gasteiger partial charge in [0.1, 0.15) is 0 Å². The van der Waals surface area contributed by atoms with E-state index in [0.29, 0.717) is 46.3 Å². The quantitative estimate of drug-likeness (QED) is 0.230. The molecule has 10 aliphatic rings. The van der Waals surface area contributed by atoms with Crippen LogP contribution in [0.25, 0.3) is 0 Å². The van der Waals surface area contributed by atoms with Crippen LogP contribution in [0.1, 0.15) is 198 Å². The number of aliphatic hydroxyl groups excluding tert-OH is 2. The Labute approximate surface area is 361 Å². The molecule has 5 nitrogen and oxygen atoms in total. The fourth-order valence-electron chi connectivity index (χ4n) is 20.6. The molecule has 10 rings (SSSR count). The molecule has 8 saturated carbocycles. The number of hydrogen-bond donors (Lipinski definition) is 2. The van der Waals surface area contributed by atoms with Gasteiger partial charge in [-0.3, -0.25) is 0 Å². The lowest BCUT2D eigenvalue weighted by molar-refractivity contribution is -0.467.